The lowest BCUT2D eigenvalue weighted by atomic mass is 9.96. The van der Waals surface area contributed by atoms with E-state index in [2.05, 4.69) is 0 Å². The number of aromatic nitrogens is 1. The molecule has 3 aromatic rings. The number of sulfonamides is 1. The fourth-order valence-corrected chi connectivity index (χ4v) is 7.82. The second-order valence-electron chi connectivity index (χ2n) is 8.33. The highest BCUT2D eigenvalue weighted by atomic mass is 35.5. The number of benzene rings is 1. The summed E-state index contributed by atoms with van der Waals surface area (Å²) < 4.78 is 33.7. The lowest BCUT2D eigenvalue weighted by Gasteiger charge is -2.33. The van der Waals surface area contributed by atoms with Crippen LogP contribution in [0.1, 0.15) is 12.8 Å². The minimum atomic E-state index is -3.51. The number of fused-ring (bicyclic) bond motifs is 1. The third kappa shape index (κ3) is 5.93. The maximum absolute atomic E-state index is 13.7. The first-order chi connectivity index (χ1) is 16.2. The van der Waals surface area contributed by atoms with Crippen LogP contribution < -0.4 is 9.64 Å². The van der Waals surface area contributed by atoms with Crippen molar-refractivity contribution < 1.29 is 17.9 Å². The summed E-state index contributed by atoms with van der Waals surface area (Å²) in [5.41, 5.74) is 0.634. The topological polar surface area (TPSA) is 83.0 Å². The van der Waals surface area contributed by atoms with E-state index in [4.69, 9.17) is 21.3 Å². The number of halogens is 2. The second-order valence-corrected chi connectivity index (χ2v) is 12.8. The molecule has 1 aliphatic rings. The molecule has 0 aliphatic carbocycles. The molecule has 35 heavy (non-hydrogen) atoms. The van der Waals surface area contributed by atoms with Crippen molar-refractivity contribution in [3.8, 4) is 5.75 Å². The highest BCUT2D eigenvalue weighted by Crippen LogP contribution is 2.39. The van der Waals surface area contributed by atoms with E-state index in [1.165, 1.54) is 27.0 Å². The molecule has 0 spiro atoms. The van der Waals surface area contributed by atoms with Gasteiger partial charge in [0, 0.05) is 32.1 Å². The fraction of sp³-hybridized carbons (Fsp3) is 0.455. The number of methoxy groups -OCH3 is 1. The molecular weight excluding hydrogens is 551 g/mol. The number of anilines is 1. The van der Waals surface area contributed by atoms with E-state index in [1.54, 1.807) is 41.7 Å². The van der Waals surface area contributed by atoms with Crippen molar-refractivity contribution >= 4 is 78.0 Å². The quantitative estimate of drug-likeness (QED) is 0.393. The van der Waals surface area contributed by atoms with Crippen molar-refractivity contribution in [2.75, 3.05) is 52.3 Å². The number of likely N-dealkylation sites (N-methyl/N-ethyl adjacent to an activating group) is 1. The lowest BCUT2D eigenvalue weighted by Crippen LogP contribution is -2.45. The van der Waals surface area contributed by atoms with Gasteiger partial charge in [-0.25, -0.2) is 13.4 Å². The van der Waals surface area contributed by atoms with Gasteiger partial charge in [-0.15, -0.1) is 23.7 Å². The zero-order valence-corrected chi connectivity index (χ0v) is 23.7. The van der Waals surface area contributed by atoms with Gasteiger partial charge in [0.25, 0.3) is 10.0 Å². The van der Waals surface area contributed by atoms with Gasteiger partial charge in [-0.05, 0) is 50.5 Å². The first kappa shape index (κ1) is 28.1. The summed E-state index contributed by atoms with van der Waals surface area (Å²) in [4.78, 5) is 22.1. The van der Waals surface area contributed by atoms with E-state index >= 15 is 0 Å². The summed E-state index contributed by atoms with van der Waals surface area (Å²) in [6, 6.07) is 6.88. The number of hydrogen-bond acceptors (Lipinski definition) is 8. The van der Waals surface area contributed by atoms with Crippen LogP contribution in [0.15, 0.2) is 33.9 Å². The molecule has 0 radical (unpaired) electrons. The predicted octanol–water partition coefficient (Wildman–Crippen LogP) is 4.44. The number of nitrogens with zero attached hydrogens (tertiary/aromatic N) is 4. The van der Waals surface area contributed by atoms with E-state index in [9.17, 15) is 13.2 Å². The Morgan fingerprint density at radius 1 is 1.23 bits per heavy atom. The zero-order chi connectivity index (χ0) is 24.5. The molecule has 4 rings (SSSR count). The van der Waals surface area contributed by atoms with Crippen LogP contribution in [0, 0.1) is 5.92 Å². The Morgan fingerprint density at radius 3 is 2.54 bits per heavy atom. The van der Waals surface area contributed by atoms with Crippen LogP contribution in [0.4, 0.5) is 5.13 Å². The molecule has 0 bridgehead atoms. The number of amides is 1. The Kier molecular flexibility index (Phi) is 9.41. The summed E-state index contributed by atoms with van der Waals surface area (Å²) in [5.74, 6) is 0.291. The molecular formula is C22H28Cl2N4O4S3. The van der Waals surface area contributed by atoms with Crippen molar-refractivity contribution in [1.29, 1.82) is 0 Å². The summed E-state index contributed by atoms with van der Waals surface area (Å²) in [6.07, 6.45) is 0.938. The first-order valence-corrected chi connectivity index (χ1v) is 14.4. The molecule has 0 atom stereocenters. The van der Waals surface area contributed by atoms with Gasteiger partial charge in [0.05, 0.1) is 16.8 Å². The number of thiophene rings is 1. The largest absolute Gasteiger partial charge is 0.494 e. The molecule has 0 unspecified atom stereocenters. The van der Waals surface area contributed by atoms with E-state index in [-0.39, 0.29) is 24.2 Å². The lowest BCUT2D eigenvalue weighted by molar-refractivity contribution is -0.123. The number of carbonyl (C=O) groups is 1. The third-order valence-electron chi connectivity index (χ3n) is 5.83. The maximum Gasteiger partial charge on any atom is 0.252 e. The van der Waals surface area contributed by atoms with Crippen LogP contribution in [0.3, 0.4) is 0 Å². The maximum atomic E-state index is 13.7. The Bertz CT molecular complexity index is 1260. The normalized spacial score (nSPS) is 15.3. The van der Waals surface area contributed by atoms with Gasteiger partial charge in [-0.3, -0.25) is 9.69 Å². The van der Waals surface area contributed by atoms with E-state index in [1.807, 2.05) is 19.0 Å². The van der Waals surface area contributed by atoms with E-state index < -0.39 is 10.0 Å². The van der Waals surface area contributed by atoms with Gasteiger partial charge in [-0.2, -0.15) is 4.31 Å². The Morgan fingerprint density at radius 2 is 1.94 bits per heavy atom. The highest BCUT2D eigenvalue weighted by molar-refractivity contribution is 7.91. The van der Waals surface area contributed by atoms with Gasteiger partial charge in [-0.1, -0.05) is 29.0 Å². The number of thiazole rings is 1. The molecule has 13 heteroatoms. The molecule has 8 nitrogen and oxygen atoms in total. The van der Waals surface area contributed by atoms with Gasteiger partial charge < -0.3 is 9.64 Å². The molecule has 192 valence electrons. The molecule has 2 aromatic heterocycles. The minimum absolute atomic E-state index is 0. The van der Waals surface area contributed by atoms with Crippen LogP contribution in [0.5, 0.6) is 5.75 Å². The van der Waals surface area contributed by atoms with Gasteiger partial charge >= 0.3 is 0 Å². The summed E-state index contributed by atoms with van der Waals surface area (Å²) >= 11 is 8.98. The first-order valence-electron chi connectivity index (χ1n) is 10.8. The smallest absolute Gasteiger partial charge is 0.252 e. The molecule has 0 saturated carbocycles. The Labute approximate surface area is 224 Å². The summed E-state index contributed by atoms with van der Waals surface area (Å²) in [7, 11) is 1.97. The molecule has 1 fully saturated rings. The second kappa shape index (κ2) is 11.7. The van der Waals surface area contributed by atoms with Crippen LogP contribution in [0.25, 0.3) is 10.2 Å². The van der Waals surface area contributed by atoms with E-state index in [0.29, 0.717) is 64.7 Å². The van der Waals surface area contributed by atoms with E-state index in [0.717, 1.165) is 4.70 Å². The summed E-state index contributed by atoms with van der Waals surface area (Å²) in [6.45, 7) is 1.77. The molecule has 1 amide bonds. The van der Waals surface area contributed by atoms with Crippen molar-refractivity contribution in [2.45, 2.75) is 17.1 Å². The molecule has 1 saturated heterocycles. The van der Waals surface area contributed by atoms with Gasteiger partial charge in [0.1, 0.15) is 15.5 Å². The minimum Gasteiger partial charge on any atom is -0.494 e. The number of ether oxygens (including phenoxy) is 1. The van der Waals surface area contributed by atoms with Crippen molar-refractivity contribution in [1.82, 2.24) is 14.2 Å². The van der Waals surface area contributed by atoms with Gasteiger partial charge in [0.15, 0.2) is 5.13 Å². The predicted molar refractivity (Wildman–Crippen MR) is 145 cm³/mol. The monoisotopic (exact) mass is 578 g/mol. The number of hydrogen-bond donors (Lipinski definition) is 0. The van der Waals surface area contributed by atoms with Crippen LogP contribution in [-0.2, 0) is 14.8 Å². The number of carbonyl (C=O) groups excluding carboxylic acids is 1. The average Bonchev–Trinajstić information content (AvgIpc) is 3.51. The Hall–Kier alpha value is -1.47. The fourth-order valence-electron chi connectivity index (χ4n) is 3.92. The van der Waals surface area contributed by atoms with Gasteiger partial charge in [0.2, 0.25) is 5.91 Å². The zero-order valence-electron chi connectivity index (χ0n) is 19.6. The average molecular weight is 580 g/mol. The van der Waals surface area contributed by atoms with Crippen molar-refractivity contribution in [3.05, 3.63) is 34.7 Å². The van der Waals surface area contributed by atoms with Crippen molar-refractivity contribution in [3.63, 3.8) is 0 Å². The number of rotatable bonds is 8. The van der Waals surface area contributed by atoms with Crippen LogP contribution >= 0.6 is 46.7 Å². The molecule has 1 aromatic carbocycles. The van der Waals surface area contributed by atoms with Crippen LogP contribution in [0.2, 0.25) is 5.02 Å². The molecule has 1 aliphatic heterocycles. The highest BCUT2D eigenvalue weighted by Gasteiger charge is 2.35. The summed E-state index contributed by atoms with van der Waals surface area (Å²) in [5, 5.41) is 2.89. The number of piperidine rings is 1. The standard InChI is InChI=1S/C22H27ClN4O4S3.ClH/c1-25(2)12-13-27(22-24-19-17(31-3)7-6-16(23)20(19)33-22)21(28)15-8-10-26(11-9-15)34(29,30)18-5-4-14-32-18;/h4-7,14-15H,8-13H2,1-3H3;1H. The van der Waals surface area contributed by atoms with Crippen molar-refractivity contribution in [2.24, 2.45) is 5.92 Å². The van der Waals surface area contributed by atoms with Crippen LogP contribution in [-0.4, -0.2) is 75.9 Å². The SMILES string of the molecule is COc1ccc(Cl)c2sc(N(CCN(C)C)C(=O)C3CCN(S(=O)(=O)c4cccs4)CC3)nc12.Cl. The third-order valence-corrected chi connectivity index (χ3v) is 10.6. The molecule has 3 heterocycles. The molecule has 0 N–H and O–H groups in total. The Balaban J connectivity index is 0.00000342.